The van der Waals surface area contributed by atoms with E-state index in [1.54, 1.807) is 0 Å². The predicted octanol–water partition coefficient (Wildman–Crippen LogP) is 1.48. The van der Waals surface area contributed by atoms with Crippen molar-refractivity contribution in [1.29, 1.82) is 0 Å². The quantitative estimate of drug-likeness (QED) is 0.705. The fourth-order valence-electron chi connectivity index (χ4n) is 1.56. The summed E-state index contributed by atoms with van der Waals surface area (Å²) in [7, 11) is -3.97. The highest BCUT2D eigenvalue weighted by Gasteiger charge is 2.20. The molecule has 0 radical (unpaired) electrons. The SMILES string of the molecule is CCCC(O)CNS(=O)(=O)c1cc(C(=O)O)ccc1Cl. The number of sulfonamides is 1. The van der Waals surface area contributed by atoms with Crippen LogP contribution in [0.4, 0.5) is 0 Å². The fourth-order valence-corrected chi connectivity index (χ4v) is 3.16. The normalized spacial score (nSPS) is 13.2. The third-order valence-corrected chi connectivity index (χ3v) is 4.50. The molecule has 3 N–H and O–H groups in total. The van der Waals surface area contributed by atoms with Crippen molar-refractivity contribution in [2.45, 2.75) is 30.8 Å². The Morgan fingerprint density at radius 3 is 2.65 bits per heavy atom. The van der Waals surface area contributed by atoms with E-state index < -0.39 is 22.1 Å². The zero-order valence-electron chi connectivity index (χ0n) is 10.8. The first-order valence-corrected chi connectivity index (χ1v) is 7.84. The van der Waals surface area contributed by atoms with Gasteiger partial charge in [0.25, 0.3) is 0 Å². The molecule has 0 aromatic heterocycles. The van der Waals surface area contributed by atoms with E-state index in [1.165, 1.54) is 12.1 Å². The van der Waals surface area contributed by atoms with Crippen molar-refractivity contribution in [1.82, 2.24) is 4.72 Å². The highest BCUT2D eigenvalue weighted by Crippen LogP contribution is 2.22. The summed E-state index contributed by atoms with van der Waals surface area (Å²) >= 11 is 5.79. The van der Waals surface area contributed by atoms with E-state index in [9.17, 15) is 18.3 Å². The second-order valence-corrected chi connectivity index (χ2v) is 6.39. The van der Waals surface area contributed by atoms with Crippen LogP contribution in [-0.4, -0.2) is 37.2 Å². The van der Waals surface area contributed by atoms with Gasteiger partial charge in [0, 0.05) is 6.54 Å². The van der Waals surface area contributed by atoms with E-state index in [1.807, 2.05) is 6.92 Å². The molecule has 112 valence electrons. The van der Waals surface area contributed by atoms with Gasteiger partial charge in [0.2, 0.25) is 10.0 Å². The van der Waals surface area contributed by atoms with Gasteiger partial charge in [0.1, 0.15) is 4.90 Å². The van der Waals surface area contributed by atoms with Crippen molar-refractivity contribution < 1.29 is 23.4 Å². The number of hydrogen-bond acceptors (Lipinski definition) is 4. The molecule has 0 aliphatic heterocycles. The molecule has 20 heavy (non-hydrogen) atoms. The lowest BCUT2D eigenvalue weighted by atomic mass is 10.2. The maximum Gasteiger partial charge on any atom is 0.335 e. The van der Waals surface area contributed by atoms with Crippen LogP contribution in [0, 0.1) is 0 Å². The summed E-state index contributed by atoms with van der Waals surface area (Å²) in [5.74, 6) is -1.25. The number of hydrogen-bond donors (Lipinski definition) is 3. The van der Waals surface area contributed by atoms with Crippen LogP contribution >= 0.6 is 11.6 Å². The first-order valence-electron chi connectivity index (χ1n) is 5.98. The second-order valence-electron chi connectivity index (χ2n) is 4.24. The van der Waals surface area contributed by atoms with E-state index in [0.717, 1.165) is 12.5 Å². The number of aromatic carboxylic acids is 1. The molecule has 0 bridgehead atoms. The van der Waals surface area contributed by atoms with Gasteiger partial charge in [-0.25, -0.2) is 17.9 Å². The second kappa shape index (κ2) is 7.03. The number of nitrogens with one attached hydrogen (secondary N) is 1. The minimum atomic E-state index is -3.97. The van der Waals surface area contributed by atoms with Crippen molar-refractivity contribution >= 4 is 27.6 Å². The standard InChI is InChI=1S/C12H16ClNO5S/c1-2-3-9(15)7-14-20(18,19)11-6-8(12(16)17)4-5-10(11)13/h4-6,9,14-15H,2-3,7H2,1H3,(H,16,17). The average Bonchev–Trinajstić information content (AvgIpc) is 2.37. The number of carboxylic acid groups (broad SMARTS) is 1. The lowest BCUT2D eigenvalue weighted by molar-refractivity contribution is 0.0696. The van der Waals surface area contributed by atoms with Crippen LogP contribution in [0.3, 0.4) is 0 Å². The van der Waals surface area contributed by atoms with E-state index in [4.69, 9.17) is 16.7 Å². The van der Waals surface area contributed by atoms with Crippen LogP contribution in [0.5, 0.6) is 0 Å². The third kappa shape index (κ3) is 4.45. The highest BCUT2D eigenvalue weighted by molar-refractivity contribution is 7.89. The molecule has 0 saturated carbocycles. The van der Waals surface area contributed by atoms with Crippen molar-refractivity contribution in [2.75, 3.05) is 6.54 Å². The van der Waals surface area contributed by atoms with Crippen molar-refractivity contribution in [3.05, 3.63) is 28.8 Å². The summed E-state index contributed by atoms with van der Waals surface area (Å²) in [6, 6.07) is 3.41. The smallest absolute Gasteiger partial charge is 0.335 e. The van der Waals surface area contributed by atoms with E-state index in [2.05, 4.69) is 4.72 Å². The molecule has 1 aromatic rings. The van der Waals surface area contributed by atoms with E-state index >= 15 is 0 Å². The van der Waals surface area contributed by atoms with E-state index in [0.29, 0.717) is 6.42 Å². The Kier molecular flexibility index (Phi) is 5.94. The van der Waals surface area contributed by atoms with Crippen LogP contribution in [0.15, 0.2) is 23.1 Å². The largest absolute Gasteiger partial charge is 0.478 e. The Labute approximate surface area is 122 Å². The molecular weight excluding hydrogens is 306 g/mol. The molecule has 8 heteroatoms. The van der Waals surface area contributed by atoms with Gasteiger partial charge in [-0.3, -0.25) is 0 Å². The molecule has 0 fully saturated rings. The van der Waals surface area contributed by atoms with Gasteiger partial charge >= 0.3 is 5.97 Å². The first kappa shape index (κ1) is 16.9. The van der Waals surface area contributed by atoms with Crippen LogP contribution < -0.4 is 4.72 Å². The molecule has 1 aromatic carbocycles. The third-order valence-electron chi connectivity index (χ3n) is 2.60. The Bertz CT molecular complexity index is 588. The minimum Gasteiger partial charge on any atom is -0.478 e. The topological polar surface area (TPSA) is 104 Å². The van der Waals surface area contributed by atoms with Gasteiger partial charge in [-0.15, -0.1) is 0 Å². The number of aliphatic hydroxyl groups excluding tert-OH is 1. The summed E-state index contributed by atoms with van der Waals surface area (Å²) < 4.78 is 26.3. The summed E-state index contributed by atoms with van der Waals surface area (Å²) in [5, 5.41) is 18.3. The van der Waals surface area contributed by atoms with Crippen LogP contribution in [0.1, 0.15) is 30.1 Å². The van der Waals surface area contributed by atoms with Gasteiger partial charge < -0.3 is 10.2 Å². The number of rotatable bonds is 7. The Morgan fingerprint density at radius 2 is 2.10 bits per heavy atom. The maximum atomic E-state index is 12.0. The average molecular weight is 322 g/mol. The van der Waals surface area contributed by atoms with Gasteiger partial charge in [-0.2, -0.15) is 0 Å². The van der Waals surface area contributed by atoms with Crippen molar-refractivity contribution in [2.24, 2.45) is 0 Å². The molecule has 0 spiro atoms. The lowest BCUT2D eigenvalue weighted by Gasteiger charge is -2.12. The van der Waals surface area contributed by atoms with Gasteiger partial charge in [-0.05, 0) is 24.6 Å². The summed E-state index contributed by atoms with van der Waals surface area (Å²) in [4.78, 5) is 10.5. The van der Waals surface area contributed by atoms with Gasteiger partial charge in [0.05, 0.1) is 16.7 Å². The van der Waals surface area contributed by atoms with Crippen LogP contribution in [0.2, 0.25) is 5.02 Å². The lowest BCUT2D eigenvalue weighted by Crippen LogP contribution is -2.32. The molecule has 0 heterocycles. The molecular formula is C12H16ClNO5S. The first-order chi connectivity index (χ1) is 9.27. The number of carboxylic acids is 1. The van der Waals surface area contributed by atoms with Crippen LogP contribution in [-0.2, 0) is 10.0 Å². The molecule has 0 amide bonds. The van der Waals surface area contributed by atoms with Crippen LogP contribution in [0.25, 0.3) is 0 Å². The van der Waals surface area contributed by atoms with Gasteiger partial charge in [-0.1, -0.05) is 24.9 Å². The van der Waals surface area contributed by atoms with Crippen molar-refractivity contribution in [3.8, 4) is 0 Å². The van der Waals surface area contributed by atoms with Gasteiger partial charge in [0.15, 0.2) is 0 Å². The Balaban J connectivity index is 2.97. The molecule has 0 aliphatic rings. The monoisotopic (exact) mass is 321 g/mol. The zero-order valence-corrected chi connectivity index (χ0v) is 12.4. The molecule has 6 nitrogen and oxygen atoms in total. The molecule has 1 atom stereocenters. The fraction of sp³-hybridized carbons (Fsp3) is 0.417. The Hall–Kier alpha value is -1.15. The molecule has 1 unspecified atom stereocenters. The number of benzene rings is 1. The summed E-state index contributed by atoms with van der Waals surface area (Å²) in [6.45, 7) is 1.72. The highest BCUT2D eigenvalue weighted by atomic mass is 35.5. The maximum absolute atomic E-state index is 12.0. The molecule has 0 saturated heterocycles. The summed E-state index contributed by atoms with van der Waals surface area (Å²) in [5.41, 5.74) is -0.177. The Morgan fingerprint density at radius 1 is 1.45 bits per heavy atom. The molecule has 1 rings (SSSR count). The van der Waals surface area contributed by atoms with Crippen molar-refractivity contribution in [3.63, 3.8) is 0 Å². The zero-order chi connectivity index (χ0) is 15.3. The van der Waals surface area contributed by atoms with E-state index in [-0.39, 0.29) is 22.0 Å². The number of halogens is 1. The number of carbonyl (C=O) groups is 1. The number of aliphatic hydroxyl groups is 1. The molecule has 0 aliphatic carbocycles. The predicted molar refractivity (Wildman–Crippen MR) is 74.5 cm³/mol. The minimum absolute atomic E-state index is 0.0764. The summed E-state index contributed by atoms with van der Waals surface area (Å²) in [6.07, 6.45) is 0.389.